The molecule has 0 amide bonds. The lowest BCUT2D eigenvalue weighted by atomic mass is 9.79. The van der Waals surface area contributed by atoms with Gasteiger partial charge >= 0.3 is 5.97 Å². The minimum Gasteiger partial charge on any atom is -0.465 e. The number of carbonyl (C=O) groups is 1. The van der Waals surface area contributed by atoms with Gasteiger partial charge in [0.1, 0.15) is 0 Å². The number of benzene rings is 2. The predicted octanol–water partition coefficient (Wildman–Crippen LogP) is 6.85. The van der Waals surface area contributed by atoms with Gasteiger partial charge in [-0.25, -0.2) is 0 Å². The number of nitrogens with zero attached hydrogens (tertiary/aromatic N) is 1. The van der Waals surface area contributed by atoms with Crippen LogP contribution in [-0.2, 0) is 9.53 Å². The van der Waals surface area contributed by atoms with E-state index in [2.05, 4.69) is 52.8 Å². The zero-order valence-electron chi connectivity index (χ0n) is 22.3. The monoisotopic (exact) mass is 495 g/mol. The van der Waals surface area contributed by atoms with E-state index in [0.29, 0.717) is 18.4 Å². The Bertz CT molecular complexity index is 997. The van der Waals surface area contributed by atoms with Crippen molar-refractivity contribution in [3.63, 3.8) is 0 Å². The summed E-state index contributed by atoms with van der Waals surface area (Å²) in [5.41, 5.74) is 2.04. The van der Waals surface area contributed by atoms with Gasteiger partial charge < -0.3 is 4.74 Å². The molecule has 2 aromatic carbocycles. The lowest BCUT2D eigenvalue weighted by Gasteiger charge is -2.42. The van der Waals surface area contributed by atoms with E-state index in [-0.39, 0.29) is 24.6 Å². The second-order valence-corrected chi connectivity index (χ2v) is 10.4. The maximum absolute atomic E-state index is 13.0. The molecule has 2 aliphatic rings. The number of carbonyl (C=O) groups excluding carboxylic acids is 1. The molecule has 37 heavy (non-hydrogen) atoms. The van der Waals surface area contributed by atoms with Gasteiger partial charge in [0.05, 0.1) is 25.2 Å². The molecule has 2 fully saturated rings. The van der Waals surface area contributed by atoms with Crippen molar-refractivity contribution in [2.75, 3.05) is 13.2 Å². The molecule has 0 bridgehead atoms. The van der Waals surface area contributed by atoms with Gasteiger partial charge in [0.2, 0.25) is 0 Å². The van der Waals surface area contributed by atoms with E-state index in [1.54, 1.807) is 0 Å². The fraction of sp³-hybridized carbons (Fsp3) is 0.500. The third kappa shape index (κ3) is 8.24. The van der Waals surface area contributed by atoms with Gasteiger partial charge in [-0.2, -0.15) is 0 Å². The highest BCUT2D eigenvalue weighted by atomic mass is 16.5. The molecule has 0 saturated heterocycles. The predicted molar refractivity (Wildman–Crippen MR) is 151 cm³/mol. The van der Waals surface area contributed by atoms with Crippen LogP contribution in [0.2, 0.25) is 0 Å². The Labute approximate surface area is 224 Å². The van der Waals surface area contributed by atoms with Crippen molar-refractivity contribution in [1.82, 2.24) is 4.90 Å². The maximum atomic E-state index is 13.0. The zero-order chi connectivity index (χ0) is 25.7. The second-order valence-electron chi connectivity index (χ2n) is 10.4. The van der Waals surface area contributed by atoms with Crippen molar-refractivity contribution in [2.45, 2.75) is 83.2 Å². The standard InChI is InChI=1S/C34H41NO2/c1-2-37-34(36)27-35(32(30-19-11-5-12-20-30)25-23-28-15-7-3-8-16-28)33(31-21-13-6-14-22-31)26-24-29-17-9-4-10-18-29/h3-4,7-10,15-18,30-33H,2,5-6,11-14,19-22,27H2,1H3. The van der Waals surface area contributed by atoms with Crippen molar-refractivity contribution in [3.8, 4) is 23.7 Å². The van der Waals surface area contributed by atoms with E-state index < -0.39 is 0 Å². The van der Waals surface area contributed by atoms with Crippen LogP contribution in [0, 0.1) is 35.5 Å². The highest BCUT2D eigenvalue weighted by molar-refractivity contribution is 5.72. The summed E-state index contributed by atoms with van der Waals surface area (Å²) in [4.78, 5) is 15.4. The molecule has 0 radical (unpaired) electrons. The summed E-state index contributed by atoms with van der Waals surface area (Å²) < 4.78 is 5.50. The fourth-order valence-corrected chi connectivity index (χ4v) is 5.93. The molecule has 0 aliphatic heterocycles. The maximum Gasteiger partial charge on any atom is 0.320 e. The van der Waals surface area contributed by atoms with Crippen LogP contribution in [-0.4, -0.2) is 36.1 Å². The van der Waals surface area contributed by atoms with Crippen molar-refractivity contribution in [3.05, 3.63) is 71.8 Å². The molecule has 2 aliphatic carbocycles. The summed E-state index contributed by atoms with van der Waals surface area (Å²) in [7, 11) is 0. The molecule has 2 atom stereocenters. The first-order valence-corrected chi connectivity index (χ1v) is 14.3. The minimum absolute atomic E-state index is 0.0260. The topological polar surface area (TPSA) is 29.5 Å². The molecule has 4 rings (SSSR count). The molecule has 3 heteroatoms. The van der Waals surface area contributed by atoms with E-state index >= 15 is 0 Å². The number of esters is 1. The van der Waals surface area contributed by atoms with Crippen LogP contribution in [0.3, 0.4) is 0 Å². The van der Waals surface area contributed by atoms with E-state index in [0.717, 1.165) is 36.8 Å². The summed E-state index contributed by atoms with van der Waals surface area (Å²) in [5, 5.41) is 0. The van der Waals surface area contributed by atoms with Crippen LogP contribution in [0.5, 0.6) is 0 Å². The van der Waals surface area contributed by atoms with Gasteiger partial charge in [0.15, 0.2) is 0 Å². The first kappa shape index (κ1) is 27.0. The largest absolute Gasteiger partial charge is 0.465 e. The average molecular weight is 496 g/mol. The molecular weight excluding hydrogens is 454 g/mol. The second kappa shape index (κ2) is 14.7. The Balaban J connectivity index is 1.76. The molecule has 0 heterocycles. The van der Waals surface area contributed by atoms with Crippen LogP contribution < -0.4 is 0 Å². The third-order valence-electron chi connectivity index (χ3n) is 7.80. The summed E-state index contributed by atoms with van der Waals surface area (Å²) in [6, 6.07) is 20.4. The molecule has 0 aromatic heterocycles. The summed E-state index contributed by atoms with van der Waals surface area (Å²) in [6.07, 6.45) is 12.1. The lowest BCUT2D eigenvalue weighted by molar-refractivity contribution is -0.145. The quantitative estimate of drug-likeness (QED) is 0.311. The van der Waals surface area contributed by atoms with Crippen LogP contribution >= 0.6 is 0 Å². The Kier molecular flexibility index (Phi) is 10.7. The first-order chi connectivity index (χ1) is 18.2. The van der Waals surface area contributed by atoms with Gasteiger partial charge in [-0.1, -0.05) is 98.6 Å². The highest BCUT2D eigenvalue weighted by Gasteiger charge is 2.37. The first-order valence-electron chi connectivity index (χ1n) is 14.3. The molecular formula is C34H41NO2. The molecule has 194 valence electrons. The number of ether oxygens (including phenoxy) is 1. The Morgan fingerprint density at radius 2 is 1.19 bits per heavy atom. The zero-order valence-corrected chi connectivity index (χ0v) is 22.3. The fourth-order valence-electron chi connectivity index (χ4n) is 5.93. The number of hydrogen-bond acceptors (Lipinski definition) is 3. The summed E-state index contributed by atoms with van der Waals surface area (Å²) in [5.74, 6) is 15.0. The van der Waals surface area contributed by atoms with Crippen molar-refractivity contribution in [2.24, 2.45) is 11.8 Å². The molecule has 2 unspecified atom stereocenters. The van der Waals surface area contributed by atoms with E-state index in [1.165, 1.54) is 38.5 Å². The van der Waals surface area contributed by atoms with E-state index in [4.69, 9.17) is 4.74 Å². The Morgan fingerprint density at radius 3 is 1.59 bits per heavy atom. The van der Waals surface area contributed by atoms with E-state index in [1.807, 2.05) is 43.3 Å². The minimum atomic E-state index is -0.174. The molecule has 2 aromatic rings. The van der Waals surface area contributed by atoms with Gasteiger partial charge in [0.25, 0.3) is 0 Å². The molecule has 0 N–H and O–H groups in total. The van der Waals surface area contributed by atoms with Gasteiger partial charge in [0, 0.05) is 11.1 Å². The lowest BCUT2D eigenvalue weighted by Crippen LogP contribution is -2.52. The van der Waals surface area contributed by atoms with Crippen molar-refractivity contribution < 1.29 is 9.53 Å². The average Bonchev–Trinajstić information content (AvgIpc) is 2.95. The van der Waals surface area contributed by atoms with E-state index in [9.17, 15) is 4.79 Å². The van der Waals surface area contributed by atoms with Crippen LogP contribution in [0.15, 0.2) is 60.7 Å². The molecule has 3 nitrogen and oxygen atoms in total. The van der Waals surface area contributed by atoms with Gasteiger partial charge in [-0.15, -0.1) is 0 Å². The van der Waals surface area contributed by atoms with Crippen molar-refractivity contribution >= 4 is 5.97 Å². The Hall–Kier alpha value is -3.01. The van der Waals surface area contributed by atoms with Crippen LogP contribution in [0.1, 0.15) is 82.3 Å². The van der Waals surface area contributed by atoms with Crippen molar-refractivity contribution in [1.29, 1.82) is 0 Å². The number of rotatable bonds is 7. The normalized spacial score (nSPS) is 18.1. The molecule has 0 spiro atoms. The summed E-state index contributed by atoms with van der Waals surface area (Å²) in [6.45, 7) is 2.51. The summed E-state index contributed by atoms with van der Waals surface area (Å²) >= 11 is 0. The third-order valence-corrected chi connectivity index (χ3v) is 7.80. The highest BCUT2D eigenvalue weighted by Crippen LogP contribution is 2.34. The SMILES string of the molecule is CCOC(=O)CN(C(C#Cc1ccccc1)C1CCCCC1)C(C#Cc1ccccc1)C1CCCCC1. The van der Waals surface area contributed by atoms with Gasteiger partial charge in [-0.05, 0) is 68.7 Å². The van der Waals surface area contributed by atoms with Gasteiger partial charge in [-0.3, -0.25) is 9.69 Å². The smallest absolute Gasteiger partial charge is 0.320 e. The van der Waals surface area contributed by atoms with Crippen LogP contribution in [0.25, 0.3) is 0 Å². The molecule has 2 saturated carbocycles. The van der Waals surface area contributed by atoms with Crippen LogP contribution in [0.4, 0.5) is 0 Å². The Morgan fingerprint density at radius 1 is 0.757 bits per heavy atom. The number of hydrogen-bond donors (Lipinski definition) is 0.